The van der Waals surface area contributed by atoms with Gasteiger partial charge in [0.25, 0.3) is 11.8 Å². The summed E-state index contributed by atoms with van der Waals surface area (Å²) in [4.78, 5) is 34.4. The van der Waals surface area contributed by atoms with E-state index in [1.807, 2.05) is 48.5 Å². The SMILES string of the molecule is CN1C(=O)C(NC(=O)c2cc(Oc3ccccc3)ccn2)COc2ccc(C#CC(C)(C)N3CCCC3)cc21. The van der Waals surface area contributed by atoms with Gasteiger partial charge < -0.3 is 19.7 Å². The molecule has 5 rings (SSSR count). The summed E-state index contributed by atoms with van der Waals surface area (Å²) in [7, 11) is 1.67. The molecule has 2 aromatic carbocycles. The van der Waals surface area contributed by atoms with Gasteiger partial charge in [0, 0.05) is 24.9 Å². The third-order valence-corrected chi connectivity index (χ3v) is 7.01. The molecule has 2 amide bonds. The summed E-state index contributed by atoms with van der Waals surface area (Å²) >= 11 is 0. The second-order valence-electron chi connectivity index (χ2n) is 10.2. The van der Waals surface area contributed by atoms with E-state index in [-0.39, 0.29) is 23.7 Å². The van der Waals surface area contributed by atoms with Crippen molar-refractivity contribution in [1.29, 1.82) is 0 Å². The number of anilines is 1. The van der Waals surface area contributed by atoms with E-state index in [4.69, 9.17) is 9.47 Å². The fourth-order valence-electron chi connectivity index (χ4n) is 4.72. The van der Waals surface area contributed by atoms with E-state index in [0.29, 0.717) is 22.9 Å². The van der Waals surface area contributed by atoms with Crippen LogP contribution in [0.1, 0.15) is 42.7 Å². The largest absolute Gasteiger partial charge is 0.489 e. The lowest BCUT2D eigenvalue weighted by Crippen LogP contribution is -2.49. The third kappa shape index (κ3) is 6.05. The van der Waals surface area contributed by atoms with Crippen LogP contribution in [0.2, 0.25) is 0 Å². The van der Waals surface area contributed by atoms with E-state index >= 15 is 0 Å². The van der Waals surface area contributed by atoms with Crippen LogP contribution >= 0.6 is 0 Å². The molecule has 1 atom stereocenters. The summed E-state index contributed by atoms with van der Waals surface area (Å²) in [5.74, 6) is 7.56. The molecule has 0 radical (unpaired) electrons. The second kappa shape index (κ2) is 11.2. The number of hydrogen-bond acceptors (Lipinski definition) is 6. The number of pyridine rings is 1. The van der Waals surface area contributed by atoms with Gasteiger partial charge in [0.15, 0.2) is 0 Å². The normalized spacial score (nSPS) is 17.4. The van der Waals surface area contributed by atoms with Crippen molar-refractivity contribution in [2.75, 3.05) is 31.6 Å². The molecule has 3 heterocycles. The second-order valence-corrected chi connectivity index (χ2v) is 10.2. The minimum atomic E-state index is -0.890. The first-order valence-corrected chi connectivity index (χ1v) is 13.1. The topological polar surface area (TPSA) is 84.0 Å². The number of likely N-dealkylation sites (tertiary alicyclic amines) is 1. The molecule has 1 fully saturated rings. The first-order chi connectivity index (χ1) is 18.8. The van der Waals surface area contributed by atoms with Crippen LogP contribution in [-0.2, 0) is 4.79 Å². The highest BCUT2D eigenvalue weighted by Gasteiger charge is 2.31. The van der Waals surface area contributed by atoms with Crippen LogP contribution in [0, 0.1) is 11.8 Å². The summed E-state index contributed by atoms with van der Waals surface area (Å²) in [5, 5.41) is 2.77. The Balaban J connectivity index is 1.28. The Morgan fingerprint density at radius 3 is 2.62 bits per heavy atom. The fraction of sp³-hybridized carbons (Fsp3) is 0.323. The lowest BCUT2D eigenvalue weighted by atomic mass is 10.0. The number of carbonyl (C=O) groups excluding carboxylic acids is 2. The number of benzene rings is 2. The van der Waals surface area contributed by atoms with Crippen molar-refractivity contribution in [3.8, 4) is 29.1 Å². The summed E-state index contributed by atoms with van der Waals surface area (Å²) < 4.78 is 11.8. The van der Waals surface area contributed by atoms with Crippen molar-refractivity contribution in [2.45, 2.75) is 38.3 Å². The number of para-hydroxylation sites is 1. The molecule has 39 heavy (non-hydrogen) atoms. The molecule has 2 aliphatic rings. The molecule has 1 N–H and O–H groups in total. The van der Waals surface area contributed by atoms with Gasteiger partial charge in [-0.2, -0.15) is 0 Å². The quantitative estimate of drug-likeness (QED) is 0.503. The maximum Gasteiger partial charge on any atom is 0.270 e. The average molecular weight is 525 g/mol. The van der Waals surface area contributed by atoms with Crippen molar-refractivity contribution in [2.24, 2.45) is 0 Å². The Labute approximate surface area is 228 Å². The van der Waals surface area contributed by atoms with Gasteiger partial charge in [-0.25, -0.2) is 0 Å². The predicted octanol–water partition coefficient (Wildman–Crippen LogP) is 4.25. The molecule has 3 aromatic rings. The molecular weight excluding hydrogens is 492 g/mol. The van der Waals surface area contributed by atoms with Crippen LogP contribution in [0.15, 0.2) is 66.9 Å². The van der Waals surface area contributed by atoms with Crippen LogP contribution in [0.3, 0.4) is 0 Å². The number of amides is 2. The molecular formula is C31H32N4O4. The Kier molecular flexibility index (Phi) is 7.53. The van der Waals surface area contributed by atoms with Gasteiger partial charge in [-0.3, -0.25) is 19.5 Å². The van der Waals surface area contributed by atoms with Gasteiger partial charge in [0.05, 0.1) is 11.2 Å². The molecule has 2 aliphatic heterocycles. The maximum absolute atomic E-state index is 13.3. The highest BCUT2D eigenvalue weighted by molar-refractivity contribution is 6.03. The molecule has 1 unspecified atom stereocenters. The lowest BCUT2D eigenvalue weighted by Gasteiger charge is -2.30. The first kappa shape index (κ1) is 26.3. The molecule has 0 saturated carbocycles. The van der Waals surface area contributed by atoms with Gasteiger partial charge in [0.2, 0.25) is 0 Å². The molecule has 200 valence electrons. The summed E-state index contributed by atoms with van der Waals surface area (Å²) in [6.07, 6.45) is 3.90. The number of carbonyl (C=O) groups is 2. The smallest absolute Gasteiger partial charge is 0.270 e. The van der Waals surface area contributed by atoms with E-state index in [9.17, 15) is 9.59 Å². The van der Waals surface area contributed by atoms with Crippen LogP contribution in [0.4, 0.5) is 5.69 Å². The van der Waals surface area contributed by atoms with Crippen LogP contribution in [0.5, 0.6) is 17.2 Å². The van der Waals surface area contributed by atoms with Crippen molar-refractivity contribution in [1.82, 2.24) is 15.2 Å². The van der Waals surface area contributed by atoms with E-state index in [2.05, 4.69) is 40.9 Å². The zero-order valence-electron chi connectivity index (χ0n) is 22.4. The maximum atomic E-state index is 13.3. The number of hydrogen-bond donors (Lipinski definition) is 1. The number of nitrogens with zero attached hydrogens (tertiary/aromatic N) is 3. The molecule has 1 aromatic heterocycles. The van der Waals surface area contributed by atoms with E-state index in [1.165, 1.54) is 30.0 Å². The van der Waals surface area contributed by atoms with Crippen LogP contribution in [0.25, 0.3) is 0 Å². The molecule has 0 bridgehead atoms. The zero-order chi connectivity index (χ0) is 27.4. The van der Waals surface area contributed by atoms with Crippen molar-refractivity contribution in [3.63, 3.8) is 0 Å². The summed E-state index contributed by atoms with van der Waals surface area (Å²) in [6, 6.07) is 17.1. The van der Waals surface area contributed by atoms with Gasteiger partial charge in [0.1, 0.15) is 35.6 Å². The molecule has 1 saturated heterocycles. The first-order valence-electron chi connectivity index (χ1n) is 13.1. The van der Waals surface area contributed by atoms with Crippen LogP contribution < -0.4 is 19.7 Å². The number of aromatic nitrogens is 1. The predicted molar refractivity (Wildman–Crippen MR) is 149 cm³/mol. The molecule has 8 heteroatoms. The number of ether oxygens (including phenoxy) is 2. The average Bonchev–Trinajstić information content (AvgIpc) is 3.47. The third-order valence-electron chi connectivity index (χ3n) is 7.01. The number of nitrogens with one attached hydrogen (secondary N) is 1. The van der Waals surface area contributed by atoms with Crippen LogP contribution in [-0.4, -0.2) is 60.0 Å². The van der Waals surface area contributed by atoms with Crippen molar-refractivity contribution < 1.29 is 19.1 Å². The number of fused-ring (bicyclic) bond motifs is 1. The standard InChI is InChI=1S/C31H32N4O4/c1-31(2,35-17-7-8-18-35)15-13-22-11-12-28-27(19-22)34(3)30(37)26(21-38-28)33-29(36)25-20-24(14-16-32-25)39-23-9-5-4-6-10-23/h4-6,9-12,14,16,19-20,26H,7-8,17-18,21H2,1-3H3,(H,33,36). The molecule has 0 aliphatic carbocycles. The monoisotopic (exact) mass is 524 g/mol. The highest BCUT2D eigenvalue weighted by atomic mass is 16.5. The Hall–Kier alpha value is -4.35. The van der Waals surface area contributed by atoms with Gasteiger partial charge in [-0.05, 0) is 76.2 Å². The number of likely N-dealkylation sites (N-methyl/N-ethyl adjacent to an activating group) is 1. The van der Waals surface area contributed by atoms with E-state index in [1.54, 1.807) is 13.1 Å². The summed E-state index contributed by atoms with van der Waals surface area (Å²) in [5.41, 5.74) is 1.32. The Morgan fingerprint density at radius 2 is 1.85 bits per heavy atom. The Morgan fingerprint density at radius 1 is 1.08 bits per heavy atom. The summed E-state index contributed by atoms with van der Waals surface area (Å²) in [6.45, 7) is 6.39. The minimum absolute atomic E-state index is 0.00483. The fourth-order valence-corrected chi connectivity index (χ4v) is 4.72. The van der Waals surface area contributed by atoms with E-state index in [0.717, 1.165) is 18.7 Å². The minimum Gasteiger partial charge on any atom is -0.489 e. The lowest BCUT2D eigenvalue weighted by molar-refractivity contribution is -0.120. The molecule has 0 spiro atoms. The van der Waals surface area contributed by atoms with Gasteiger partial charge in [-0.15, -0.1) is 0 Å². The van der Waals surface area contributed by atoms with Gasteiger partial charge >= 0.3 is 0 Å². The number of rotatable bonds is 5. The van der Waals surface area contributed by atoms with Gasteiger partial charge in [-0.1, -0.05) is 30.0 Å². The van der Waals surface area contributed by atoms with Crippen molar-refractivity contribution >= 4 is 17.5 Å². The Bertz CT molecular complexity index is 1420. The van der Waals surface area contributed by atoms with E-state index < -0.39 is 11.9 Å². The molecule has 8 nitrogen and oxygen atoms in total. The zero-order valence-corrected chi connectivity index (χ0v) is 22.4. The highest BCUT2D eigenvalue weighted by Crippen LogP contribution is 2.32. The van der Waals surface area contributed by atoms with Crippen molar-refractivity contribution in [3.05, 3.63) is 78.1 Å².